The molecule has 1 fully saturated rings. The van der Waals surface area contributed by atoms with Gasteiger partial charge in [0.25, 0.3) is 0 Å². The summed E-state index contributed by atoms with van der Waals surface area (Å²) in [6, 6.07) is 7.63. The quantitative estimate of drug-likeness (QED) is 0.603. The van der Waals surface area contributed by atoms with Crippen LogP contribution in [0.25, 0.3) is 0 Å². The maximum Gasteiger partial charge on any atom is 0.129 e. The summed E-state index contributed by atoms with van der Waals surface area (Å²) >= 11 is 0. The SMILES string of the molecule is Cc1ccc(Cc2c(F)cc(CC3CCC(C)CC3)cc2F)cc1F. The molecule has 1 saturated carbocycles. The van der Waals surface area contributed by atoms with Crippen LogP contribution in [0.1, 0.15) is 54.9 Å². The minimum atomic E-state index is -0.528. The first-order valence-electron chi connectivity index (χ1n) is 9.14. The minimum Gasteiger partial charge on any atom is -0.207 e. The maximum atomic E-state index is 14.5. The topological polar surface area (TPSA) is 0 Å². The van der Waals surface area contributed by atoms with E-state index in [1.54, 1.807) is 19.1 Å². The van der Waals surface area contributed by atoms with Crippen molar-refractivity contribution < 1.29 is 13.2 Å². The Hall–Kier alpha value is -1.77. The molecular formula is C22H25F3. The van der Waals surface area contributed by atoms with Crippen molar-refractivity contribution in [3.8, 4) is 0 Å². The zero-order valence-corrected chi connectivity index (χ0v) is 14.9. The molecule has 1 aliphatic carbocycles. The number of hydrogen-bond acceptors (Lipinski definition) is 0. The van der Waals surface area contributed by atoms with Crippen molar-refractivity contribution >= 4 is 0 Å². The predicted molar refractivity (Wildman–Crippen MR) is 95.1 cm³/mol. The Labute approximate surface area is 148 Å². The summed E-state index contributed by atoms with van der Waals surface area (Å²) < 4.78 is 42.6. The van der Waals surface area contributed by atoms with E-state index in [1.165, 1.54) is 31.0 Å². The first-order chi connectivity index (χ1) is 11.9. The minimum absolute atomic E-state index is 0.0178. The lowest BCUT2D eigenvalue weighted by Crippen LogP contribution is -2.14. The molecule has 25 heavy (non-hydrogen) atoms. The number of aryl methyl sites for hydroxylation is 1. The average Bonchev–Trinajstić information content (AvgIpc) is 2.56. The molecule has 0 saturated heterocycles. The van der Waals surface area contributed by atoms with Crippen LogP contribution < -0.4 is 0 Å². The number of rotatable bonds is 4. The van der Waals surface area contributed by atoms with Gasteiger partial charge in [-0.05, 0) is 72.9 Å². The third kappa shape index (κ3) is 4.45. The summed E-state index contributed by atoms with van der Waals surface area (Å²) in [5.41, 5.74) is 1.86. The highest BCUT2D eigenvalue weighted by Crippen LogP contribution is 2.31. The Morgan fingerprint density at radius 3 is 2.04 bits per heavy atom. The van der Waals surface area contributed by atoms with E-state index in [4.69, 9.17) is 0 Å². The highest BCUT2D eigenvalue weighted by molar-refractivity contribution is 5.33. The zero-order valence-electron chi connectivity index (χ0n) is 14.9. The fourth-order valence-electron chi connectivity index (χ4n) is 3.76. The van der Waals surface area contributed by atoms with E-state index >= 15 is 0 Å². The molecular weight excluding hydrogens is 321 g/mol. The Morgan fingerprint density at radius 1 is 0.840 bits per heavy atom. The summed E-state index contributed by atoms with van der Waals surface area (Å²) in [4.78, 5) is 0. The molecule has 1 aliphatic rings. The van der Waals surface area contributed by atoms with Crippen LogP contribution in [-0.4, -0.2) is 0 Å². The standard InChI is InChI=1S/C22H25F3/c1-14-3-6-16(7-4-14)9-18-12-21(24)19(22(25)13-18)10-17-8-5-15(2)20(23)11-17/h5,8,11-14,16H,3-4,6-7,9-10H2,1-2H3. The van der Waals surface area contributed by atoms with Crippen molar-refractivity contribution in [2.24, 2.45) is 11.8 Å². The largest absolute Gasteiger partial charge is 0.207 e. The van der Waals surface area contributed by atoms with E-state index in [2.05, 4.69) is 6.92 Å². The van der Waals surface area contributed by atoms with Crippen molar-refractivity contribution in [1.82, 2.24) is 0 Å². The van der Waals surface area contributed by atoms with Gasteiger partial charge in [-0.1, -0.05) is 31.9 Å². The second-order valence-corrected chi connectivity index (χ2v) is 7.63. The molecule has 0 heterocycles. The number of benzene rings is 2. The van der Waals surface area contributed by atoms with Gasteiger partial charge in [0, 0.05) is 12.0 Å². The van der Waals surface area contributed by atoms with E-state index in [0.29, 0.717) is 17.0 Å². The first kappa shape index (κ1) is 18.0. The van der Waals surface area contributed by atoms with Gasteiger partial charge in [-0.15, -0.1) is 0 Å². The van der Waals surface area contributed by atoms with Gasteiger partial charge < -0.3 is 0 Å². The van der Waals surface area contributed by atoms with Crippen LogP contribution in [0.15, 0.2) is 30.3 Å². The van der Waals surface area contributed by atoms with Gasteiger partial charge in [0.2, 0.25) is 0 Å². The van der Waals surface area contributed by atoms with Crippen LogP contribution in [0.5, 0.6) is 0 Å². The predicted octanol–water partition coefficient (Wildman–Crippen LogP) is 6.37. The molecule has 2 aromatic rings. The van der Waals surface area contributed by atoms with Crippen molar-refractivity contribution in [2.75, 3.05) is 0 Å². The lowest BCUT2D eigenvalue weighted by atomic mass is 9.80. The third-order valence-electron chi connectivity index (χ3n) is 5.48. The second-order valence-electron chi connectivity index (χ2n) is 7.63. The summed E-state index contributed by atoms with van der Waals surface area (Å²) in [6.07, 6.45) is 5.47. The highest BCUT2D eigenvalue weighted by atomic mass is 19.1. The van der Waals surface area contributed by atoms with E-state index in [9.17, 15) is 13.2 Å². The Morgan fingerprint density at radius 2 is 1.44 bits per heavy atom. The van der Waals surface area contributed by atoms with Crippen LogP contribution in [0, 0.1) is 36.2 Å². The monoisotopic (exact) mass is 346 g/mol. The van der Waals surface area contributed by atoms with Crippen LogP contribution >= 0.6 is 0 Å². The summed E-state index contributed by atoms with van der Waals surface area (Å²) in [5.74, 6) is -0.115. The van der Waals surface area contributed by atoms with Crippen molar-refractivity contribution in [3.05, 3.63) is 70.0 Å². The van der Waals surface area contributed by atoms with Crippen molar-refractivity contribution in [2.45, 2.75) is 52.4 Å². The van der Waals surface area contributed by atoms with E-state index in [0.717, 1.165) is 30.7 Å². The average molecular weight is 346 g/mol. The van der Waals surface area contributed by atoms with Gasteiger partial charge >= 0.3 is 0 Å². The fourth-order valence-corrected chi connectivity index (χ4v) is 3.76. The summed E-state index contributed by atoms with van der Waals surface area (Å²) in [5, 5.41) is 0. The molecule has 3 rings (SSSR count). The Bertz CT molecular complexity index is 720. The van der Waals surface area contributed by atoms with Crippen LogP contribution in [0.4, 0.5) is 13.2 Å². The van der Waals surface area contributed by atoms with Crippen molar-refractivity contribution in [3.63, 3.8) is 0 Å². The molecule has 0 nitrogen and oxygen atoms in total. The van der Waals surface area contributed by atoms with Crippen LogP contribution in [0.3, 0.4) is 0 Å². The van der Waals surface area contributed by atoms with Crippen LogP contribution in [0.2, 0.25) is 0 Å². The number of halogens is 3. The number of hydrogen-bond donors (Lipinski definition) is 0. The molecule has 134 valence electrons. The molecule has 0 aromatic heterocycles. The molecule has 0 bridgehead atoms. The molecule has 0 N–H and O–H groups in total. The van der Waals surface area contributed by atoms with Gasteiger partial charge in [-0.25, -0.2) is 13.2 Å². The maximum absolute atomic E-state index is 14.5. The lowest BCUT2D eigenvalue weighted by Gasteiger charge is -2.26. The third-order valence-corrected chi connectivity index (χ3v) is 5.48. The van der Waals surface area contributed by atoms with Gasteiger partial charge in [0.1, 0.15) is 17.5 Å². The highest BCUT2D eigenvalue weighted by Gasteiger charge is 2.20. The van der Waals surface area contributed by atoms with Crippen molar-refractivity contribution in [1.29, 1.82) is 0 Å². The van der Waals surface area contributed by atoms with Gasteiger partial charge in [-0.2, -0.15) is 0 Å². The van der Waals surface area contributed by atoms with Gasteiger partial charge in [0.15, 0.2) is 0 Å². The Balaban J connectivity index is 1.74. The Kier molecular flexibility index (Phi) is 5.51. The molecule has 2 aromatic carbocycles. The molecule has 3 heteroatoms. The first-order valence-corrected chi connectivity index (χ1v) is 9.14. The molecule has 0 radical (unpaired) electrons. The molecule has 0 amide bonds. The second kappa shape index (κ2) is 7.63. The summed E-state index contributed by atoms with van der Waals surface area (Å²) in [7, 11) is 0. The fraction of sp³-hybridized carbons (Fsp3) is 0.455. The molecule has 0 aliphatic heterocycles. The molecule has 0 unspecified atom stereocenters. The molecule has 0 spiro atoms. The van der Waals surface area contributed by atoms with E-state index in [1.807, 2.05) is 0 Å². The van der Waals surface area contributed by atoms with E-state index < -0.39 is 11.6 Å². The summed E-state index contributed by atoms with van der Waals surface area (Å²) in [6.45, 7) is 3.93. The van der Waals surface area contributed by atoms with Crippen LogP contribution in [-0.2, 0) is 12.8 Å². The van der Waals surface area contributed by atoms with E-state index in [-0.39, 0.29) is 17.8 Å². The molecule has 0 atom stereocenters. The van der Waals surface area contributed by atoms with Gasteiger partial charge in [-0.3, -0.25) is 0 Å². The zero-order chi connectivity index (χ0) is 18.0. The smallest absolute Gasteiger partial charge is 0.129 e. The van der Waals surface area contributed by atoms with Gasteiger partial charge in [0.05, 0.1) is 0 Å². The lowest BCUT2D eigenvalue weighted by molar-refractivity contribution is 0.288. The normalized spacial score (nSPS) is 20.7.